The monoisotopic (exact) mass is 596 g/mol. The minimum Gasteiger partial charge on any atom is -0.443 e. The lowest BCUT2D eigenvalue weighted by Crippen LogP contribution is -2.51. The fourth-order valence-corrected chi connectivity index (χ4v) is 5.44. The van der Waals surface area contributed by atoms with E-state index in [2.05, 4.69) is 25.9 Å². The Labute approximate surface area is 248 Å². The number of carbonyl (C=O) groups excluding carboxylic acids is 4. The van der Waals surface area contributed by atoms with Crippen LogP contribution in [0.5, 0.6) is 0 Å². The summed E-state index contributed by atoms with van der Waals surface area (Å²) in [6.07, 6.45) is 0.404. The Balaban J connectivity index is 1.73. The fourth-order valence-electron chi connectivity index (χ4n) is 4.64. The number of benzene rings is 1. The molecule has 1 aliphatic rings. The molecule has 2 aromatic heterocycles. The van der Waals surface area contributed by atoms with Crippen molar-refractivity contribution in [2.24, 2.45) is 5.92 Å². The summed E-state index contributed by atoms with van der Waals surface area (Å²) in [5.41, 5.74) is 1.22. The Kier molecular flexibility index (Phi) is 10.1. The standard InChI is InChI=1S/C29H36N6O6S/c1-16(2)24-28-34-25(18(4)41-28)27(39)30-17(3)29-32-21(15-42-29)26(38)31-20(11-19-9-7-6-8-10-19)12-35(13-22(36)33-24)23(37)14-40-5/h6-10,15-17,20,24H,11-14H2,1-5H3,(H,30,39)(H,31,38)(H,33,36)/t17-,20-,24+/m1/s1. The van der Waals surface area contributed by atoms with Gasteiger partial charge in [0.1, 0.15) is 29.1 Å². The van der Waals surface area contributed by atoms with Gasteiger partial charge in [0.15, 0.2) is 5.69 Å². The van der Waals surface area contributed by atoms with Gasteiger partial charge < -0.3 is 30.0 Å². The third kappa shape index (κ3) is 7.59. The number of nitrogens with one attached hydrogen (secondary N) is 3. The Hall–Kier alpha value is -4.10. The Morgan fingerprint density at radius 3 is 2.55 bits per heavy atom. The van der Waals surface area contributed by atoms with Crippen LogP contribution in [0.15, 0.2) is 40.1 Å². The highest BCUT2D eigenvalue weighted by atomic mass is 32.1. The molecule has 0 saturated heterocycles. The van der Waals surface area contributed by atoms with Crippen molar-refractivity contribution in [3.8, 4) is 0 Å². The van der Waals surface area contributed by atoms with Crippen LogP contribution >= 0.6 is 11.3 Å². The number of amides is 4. The van der Waals surface area contributed by atoms with E-state index in [9.17, 15) is 19.2 Å². The van der Waals surface area contributed by atoms with E-state index in [-0.39, 0.29) is 42.9 Å². The van der Waals surface area contributed by atoms with Gasteiger partial charge in [0.25, 0.3) is 11.8 Å². The molecule has 0 aliphatic carbocycles. The molecule has 224 valence electrons. The number of methoxy groups -OCH3 is 1. The van der Waals surface area contributed by atoms with Gasteiger partial charge in [-0.3, -0.25) is 19.2 Å². The molecule has 0 radical (unpaired) electrons. The molecule has 4 bridgehead atoms. The number of hydrogen-bond donors (Lipinski definition) is 3. The van der Waals surface area contributed by atoms with Gasteiger partial charge in [-0.1, -0.05) is 44.2 Å². The molecule has 0 unspecified atom stereocenters. The summed E-state index contributed by atoms with van der Waals surface area (Å²) in [5.74, 6) is -1.42. The molecule has 1 aliphatic heterocycles. The fraction of sp³-hybridized carbons (Fsp3) is 0.448. The number of hydrogen-bond acceptors (Lipinski definition) is 9. The molecule has 0 saturated carbocycles. The predicted molar refractivity (Wildman–Crippen MR) is 155 cm³/mol. The number of rotatable bonds is 5. The molecule has 3 N–H and O–H groups in total. The molecule has 3 heterocycles. The van der Waals surface area contributed by atoms with E-state index < -0.39 is 41.8 Å². The van der Waals surface area contributed by atoms with Crippen LogP contribution in [0, 0.1) is 12.8 Å². The summed E-state index contributed by atoms with van der Waals surface area (Å²) in [7, 11) is 1.40. The maximum absolute atomic E-state index is 13.3. The summed E-state index contributed by atoms with van der Waals surface area (Å²) >= 11 is 1.25. The highest BCUT2D eigenvalue weighted by molar-refractivity contribution is 7.09. The molecule has 3 aromatic rings. The van der Waals surface area contributed by atoms with Gasteiger partial charge in [-0.15, -0.1) is 11.3 Å². The maximum Gasteiger partial charge on any atom is 0.274 e. The number of thiazole rings is 1. The number of aryl methyl sites for hydroxylation is 1. The number of ether oxygens (including phenoxy) is 1. The number of fused-ring (bicyclic) bond motifs is 4. The van der Waals surface area contributed by atoms with Gasteiger partial charge in [0, 0.05) is 19.0 Å². The Bertz CT molecular complexity index is 1420. The van der Waals surface area contributed by atoms with Crippen LogP contribution < -0.4 is 16.0 Å². The molecule has 0 fully saturated rings. The van der Waals surface area contributed by atoms with Crippen molar-refractivity contribution in [1.82, 2.24) is 30.8 Å². The third-order valence-electron chi connectivity index (χ3n) is 6.81. The normalized spacial score (nSPS) is 20.4. The third-order valence-corrected chi connectivity index (χ3v) is 7.83. The average molecular weight is 597 g/mol. The van der Waals surface area contributed by atoms with Crippen molar-refractivity contribution in [2.45, 2.75) is 52.2 Å². The summed E-state index contributed by atoms with van der Waals surface area (Å²) in [4.78, 5) is 63.1. The molecular weight excluding hydrogens is 560 g/mol. The van der Waals surface area contributed by atoms with Crippen molar-refractivity contribution in [2.75, 3.05) is 26.8 Å². The minimum atomic E-state index is -0.658. The molecule has 12 nitrogen and oxygen atoms in total. The van der Waals surface area contributed by atoms with E-state index in [0.29, 0.717) is 17.2 Å². The zero-order valence-corrected chi connectivity index (χ0v) is 25.1. The highest BCUT2D eigenvalue weighted by Crippen LogP contribution is 2.25. The van der Waals surface area contributed by atoms with Gasteiger partial charge in [0.05, 0.1) is 18.6 Å². The number of oxazole rings is 1. The quantitative estimate of drug-likeness (QED) is 0.406. The van der Waals surface area contributed by atoms with Crippen LogP contribution in [0.3, 0.4) is 0 Å². The minimum absolute atomic E-state index is 0.0499. The van der Waals surface area contributed by atoms with E-state index in [4.69, 9.17) is 9.15 Å². The van der Waals surface area contributed by atoms with Crippen molar-refractivity contribution in [3.63, 3.8) is 0 Å². The lowest BCUT2D eigenvalue weighted by molar-refractivity contribution is -0.139. The summed E-state index contributed by atoms with van der Waals surface area (Å²) in [6.45, 7) is 6.68. The Morgan fingerprint density at radius 1 is 1.12 bits per heavy atom. The smallest absolute Gasteiger partial charge is 0.274 e. The first-order chi connectivity index (χ1) is 20.0. The van der Waals surface area contributed by atoms with E-state index in [1.165, 1.54) is 23.3 Å². The molecule has 0 spiro atoms. The van der Waals surface area contributed by atoms with Gasteiger partial charge in [-0.25, -0.2) is 9.97 Å². The molecular formula is C29H36N6O6S. The van der Waals surface area contributed by atoms with E-state index in [0.717, 1.165) is 5.56 Å². The van der Waals surface area contributed by atoms with Gasteiger partial charge in [0.2, 0.25) is 17.7 Å². The molecule has 13 heteroatoms. The van der Waals surface area contributed by atoms with Crippen LogP contribution in [-0.2, 0) is 20.7 Å². The lowest BCUT2D eigenvalue weighted by Gasteiger charge is -2.29. The maximum atomic E-state index is 13.3. The van der Waals surface area contributed by atoms with Crippen LogP contribution in [-0.4, -0.2) is 71.3 Å². The van der Waals surface area contributed by atoms with Crippen LogP contribution in [0.1, 0.15) is 76.1 Å². The summed E-state index contributed by atoms with van der Waals surface area (Å²) < 4.78 is 10.9. The van der Waals surface area contributed by atoms with Crippen molar-refractivity contribution in [1.29, 1.82) is 0 Å². The summed E-state index contributed by atoms with van der Waals surface area (Å²) in [5, 5.41) is 10.9. The first-order valence-corrected chi connectivity index (χ1v) is 14.6. The highest BCUT2D eigenvalue weighted by Gasteiger charge is 2.30. The number of carbonyl (C=O) groups is 4. The van der Waals surface area contributed by atoms with E-state index >= 15 is 0 Å². The topological polar surface area (TPSA) is 156 Å². The van der Waals surface area contributed by atoms with Gasteiger partial charge >= 0.3 is 0 Å². The second-order valence-corrected chi connectivity index (χ2v) is 11.5. The van der Waals surface area contributed by atoms with Crippen molar-refractivity contribution >= 4 is 35.0 Å². The summed E-state index contributed by atoms with van der Waals surface area (Å²) in [6, 6.07) is 7.82. The number of aromatic nitrogens is 2. The van der Waals surface area contributed by atoms with Crippen LogP contribution in [0.4, 0.5) is 0 Å². The first kappa shape index (κ1) is 30.8. The number of nitrogens with zero attached hydrogens (tertiary/aromatic N) is 3. The largest absolute Gasteiger partial charge is 0.443 e. The van der Waals surface area contributed by atoms with Crippen LogP contribution in [0.2, 0.25) is 0 Å². The van der Waals surface area contributed by atoms with Gasteiger partial charge in [-0.05, 0) is 31.7 Å². The average Bonchev–Trinajstić information content (AvgIpc) is 3.59. The molecule has 42 heavy (non-hydrogen) atoms. The van der Waals surface area contributed by atoms with E-state index in [1.54, 1.807) is 19.2 Å². The second kappa shape index (κ2) is 13.7. The van der Waals surface area contributed by atoms with Gasteiger partial charge in [-0.2, -0.15) is 0 Å². The zero-order chi connectivity index (χ0) is 30.4. The molecule has 4 amide bonds. The van der Waals surface area contributed by atoms with Crippen LogP contribution in [0.25, 0.3) is 0 Å². The van der Waals surface area contributed by atoms with Crippen molar-refractivity contribution < 1.29 is 28.3 Å². The SMILES string of the molecule is COCC(=O)N1CC(=O)N[C@@H](C(C)C)c2nc(c(C)o2)C(=O)N[C@H](C)c2nc(cs2)C(=O)N[C@H](Cc2ccccc2)C1. The lowest BCUT2D eigenvalue weighted by atomic mass is 10.0. The zero-order valence-electron chi connectivity index (χ0n) is 24.3. The predicted octanol–water partition coefficient (Wildman–Crippen LogP) is 2.57. The first-order valence-electron chi connectivity index (χ1n) is 13.7. The Morgan fingerprint density at radius 2 is 1.86 bits per heavy atom. The molecule has 4 rings (SSSR count). The molecule has 1 aromatic carbocycles. The van der Waals surface area contributed by atoms with Crippen molar-refractivity contribution in [3.05, 3.63) is 69.3 Å². The second-order valence-electron chi connectivity index (χ2n) is 10.6. The van der Waals surface area contributed by atoms with E-state index in [1.807, 2.05) is 44.2 Å². The molecule has 3 atom stereocenters.